The molecule has 2 aliphatic rings. The van der Waals surface area contributed by atoms with E-state index in [2.05, 4.69) is 12.2 Å². The normalized spacial score (nSPS) is 25.1. The van der Waals surface area contributed by atoms with E-state index >= 15 is 0 Å². The molecule has 1 aliphatic carbocycles. The van der Waals surface area contributed by atoms with Crippen molar-refractivity contribution in [2.75, 3.05) is 11.9 Å². The molecule has 0 spiro atoms. The molecule has 6 nitrogen and oxygen atoms in total. The highest BCUT2D eigenvalue weighted by molar-refractivity contribution is 5.97. The molecule has 6 heteroatoms. The van der Waals surface area contributed by atoms with Crippen molar-refractivity contribution in [3.05, 3.63) is 42.0 Å². The van der Waals surface area contributed by atoms with E-state index in [0.717, 1.165) is 25.8 Å². The number of hydrogen-bond donors (Lipinski definition) is 2. The van der Waals surface area contributed by atoms with Gasteiger partial charge in [-0.1, -0.05) is 12.2 Å². The molecule has 0 radical (unpaired) electrons. The number of hydrogen-bond acceptors (Lipinski definition) is 3. The summed E-state index contributed by atoms with van der Waals surface area (Å²) in [7, 11) is 0. The van der Waals surface area contributed by atoms with Crippen LogP contribution < -0.4 is 5.32 Å². The highest BCUT2D eigenvalue weighted by Crippen LogP contribution is 2.27. The Labute approximate surface area is 159 Å². The summed E-state index contributed by atoms with van der Waals surface area (Å²) >= 11 is 0. The van der Waals surface area contributed by atoms with Gasteiger partial charge in [0.1, 0.15) is 0 Å². The predicted molar refractivity (Wildman–Crippen MR) is 102 cm³/mol. The van der Waals surface area contributed by atoms with E-state index in [4.69, 9.17) is 0 Å². The SMILES string of the molecule is C[C@@H]1CCCCN1C(=O)c1ccc(NC(=O)[C@@H]2CC=CC[C@H]2C(=O)O)cc1. The van der Waals surface area contributed by atoms with Crippen molar-refractivity contribution < 1.29 is 19.5 Å². The molecule has 0 unspecified atom stereocenters. The summed E-state index contributed by atoms with van der Waals surface area (Å²) < 4.78 is 0. The van der Waals surface area contributed by atoms with Crippen LogP contribution in [0, 0.1) is 11.8 Å². The fourth-order valence-corrected chi connectivity index (χ4v) is 3.87. The fourth-order valence-electron chi connectivity index (χ4n) is 3.87. The maximum atomic E-state index is 12.7. The molecule has 0 aromatic heterocycles. The summed E-state index contributed by atoms with van der Waals surface area (Å²) in [4.78, 5) is 38.5. The van der Waals surface area contributed by atoms with Gasteiger partial charge < -0.3 is 15.3 Å². The zero-order valence-electron chi connectivity index (χ0n) is 15.6. The van der Waals surface area contributed by atoms with Crippen LogP contribution in [0.15, 0.2) is 36.4 Å². The zero-order chi connectivity index (χ0) is 19.4. The number of allylic oxidation sites excluding steroid dienone is 2. The second-order valence-electron chi connectivity index (χ2n) is 7.40. The van der Waals surface area contributed by atoms with Crippen LogP contribution in [-0.4, -0.2) is 40.4 Å². The van der Waals surface area contributed by atoms with Crippen LogP contribution in [-0.2, 0) is 9.59 Å². The summed E-state index contributed by atoms with van der Waals surface area (Å²) in [6.45, 7) is 2.85. The number of carboxylic acids is 1. The number of amides is 2. The highest BCUT2D eigenvalue weighted by atomic mass is 16.4. The molecule has 2 amide bonds. The van der Waals surface area contributed by atoms with Crippen LogP contribution in [0.3, 0.4) is 0 Å². The maximum Gasteiger partial charge on any atom is 0.307 e. The van der Waals surface area contributed by atoms with E-state index in [9.17, 15) is 19.5 Å². The Bertz CT molecular complexity index is 741. The first-order valence-corrected chi connectivity index (χ1v) is 9.57. The Kier molecular flexibility index (Phi) is 5.94. The van der Waals surface area contributed by atoms with Gasteiger partial charge in [-0.25, -0.2) is 0 Å². The van der Waals surface area contributed by atoms with Gasteiger partial charge in [0.05, 0.1) is 11.8 Å². The lowest BCUT2D eigenvalue weighted by Crippen LogP contribution is -2.42. The third-order valence-electron chi connectivity index (χ3n) is 5.55. The summed E-state index contributed by atoms with van der Waals surface area (Å²) in [5.41, 5.74) is 1.17. The van der Waals surface area contributed by atoms with Gasteiger partial charge in [0, 0.05) is 23.8 Å². The second kappa shape index (κ2) is 8.37. The molecule has 1 heterocycles. The third kappa shape index (κ3) is 4.38. The number of benzene rings is 1. The molecule has 1 aliphatic heterocycles. The lowest BCUT2D eigenvalue weighted by molar-refractivity contribution is -0.146. The number of nitrogens with one attached hydrogen (secondary N) is 1. The monoisotopic (exact) mass is 370 g/mol. The van der Waals surface area contributed by atoms with E-state index < -0.39 is 17.8 Å². The van der Waals surface area contributed by atoms with Crippen LogP contribution in [0.1, 0.15) is 49.4 Å². The molecule has 144 valence electrons. The van der Waals surface area contributed by atoms with Gasteiger partial charge in [-0.3, -0.25) is 14.4 Å². The minimum atomic E-state index is -0.948. The summed E-state index contributed by atoms with van der Waals surface area (Å²) in [6.07, 6.45) is 7.67. The molecule has 2 N–H and O–H groups in total. The van der Waals surface area contributed by atoms with Crippen molar-refractivity contribution in [1.82, 2.24) is 4.90 Å². The van der Waals surface area contributed by atoms with E-state index in [1.807, 2.05) is 17.1 Å². The maximum absolute atomic E-state index is 12.7. The first-order valence-electron chi connectivity index (χ1n) is 9.57. The van der Waals surface area contributed by atoms with E-state index in [1.165, 1.54) is 0 Å². The molecular weight excluding hydrogens is 344 g/mol. The van der Waals surface area contributed by atoms with Gasteiger partial charge >= 0.3 is 5.97 Å². The quantitative estimate of drug-likeness (QED) is 0.796. The Balaban J connectivity index is 1.65. The molecular formula is C21H26N2O4. The molecule has 1 aromatic carbocycles. The van der Waals surface area contributed by atoms with Crippen molar-refractivity contribution in [2.24, 2.45) is 11.8 Å². The van der Waals surface area contributed by atoms with Crippen LogP contribution in [0.25, 0.3) is 0 Å². The van der Waals surface area contributed by atoms with Gasteiger partial charge in [0.2, 0.25) is 5.91 Å². The number of carbonyl (C=O) groups excluding carboxylic acids is 2. The molecule has 3 rings (SSSR count). The number of anilines is 1. The lowest BCUT2D eigenvalue weighted by atomic mass is 9.82. The molecule has 1 fully saturated rings. The number of nitrogens with zero attached hydrogens (tertiary/aromatic N) is 1. The van der Waals surface area contributed by atoms with Crippen molar-refractivity contribution in [2.45, 2.75) is 45.1 Å². The number of likely N-dealkylation sites (tertiary alicyclic amines) is 1. The standard InChI is InChI=1S/C21H26N2O4/c1-14-6-4-5-13-23(14)20(25)15-9-11-16(12-10-15)22-19(24)17-7-2-3-8-18(17)21(26)27/h2-3,9-12,14,17-18H,4-8,13H2,1H3,(H,22,24)(H,26,27)/t14-,17-,18-/m1/s1. The van der Waals surface area contributed by atoms with E-state index in [1.54, 1.807) is 24.3 Å². The largest absolute Gasteiger partial charge is 0.481 e. The van der Waals surface area contributed by atoms with Gasteiger partial charge in [-0.15, -0.1) is 0 Å². The predicted octanol–water partition coefficient (Wildman–Crippen LogP) is 3.31. The number of carboxylic acid groups (broad SMARTS) is 1. The first kappa shape index (κ1) is 19.1. The van der Waals surface area contributed by atoms with Gasteiger partial charge in [0.15, 0.2) is 0 Å². The van der Waals surface area contributed by atoms with Crippen LogP contribution in [0.2, 0.25) is 0 Å². The average Bonchev–Trinajstić information content (AvgIpc) is 2.68. The number of rotatable bonds is 4. The second-order valence-corrected chi connectivity index (χ2v) is 7.40. The third-order valence-corrected chi connectivity index (χ3v) is 5.55. The van der Waals surface area contributed by atoms with Crippen LogP contribution in [0.4, 0.5) is 5.69 Å². The molecule has 0 saturated carbocycles. The summed E-state index contributed by atoms with van der Waals surface area (Å²) in [6, 6.07) is 7.09. The Morgan fingerprint density at radius 2 is 1.70 bits per heavy atom. The molecule has 0 bridgehead atoms. The zero-order valence-corrected chi connectivity index (χ0v) is 15.6. The first-order chi connectivity index (χ1) is 13.0. The van der Waals surface area contributed by atoms with Gasteiger partial charge in [0.25, 0.3) is 5.91 Å². The lowest BCUT2D eigenvalue weighted by Gasteiger charge is -2.33. The highest BCUT2D eigenvalue weighted by Gasteiger charge is 2.34. The van der Waals surface area contributed by atoms with Crippen molar-refractivity contribution >= 4 is 23.5 Å². The van der Waals surface area contributed by atoms with Crippen molar-refractivity contribution in [1.29, 1.82) is 0 Å². The van der Waals surface area contributed by atoms with Crippen molar-refractivity contribution in [3.8, 4) is 0 Å². The number of carbonyl (C=O) groups is 3. The minimum Gasteiger partial charge on any atom is -0.481 e. The molecule has 1 aromatic rings. The van der Waals surface area contributed by atoms with Crippen molar-refractivity contribution in [3.63, 3.8) is 0 Å². The number of aliphatic carboxylic acids is 1. The van der Waals surface area contributed by atoms with E-state index in [-0.39, 0.29) is 17.9 Å². The van der Waals surface area contributed by atoms with Gasteiger partial charge in [-0.2, -0.15) is 0 Å². The van der Waals surface area contributed by atoms with Crippen LogP contribution >= 0.6 is 0 Å². The van der Waals surface area contributed by atoms with E-state index in [0.29, 0.717) is 24.1 Å². The average molecular weight is 370 g/mol. The van der Waals surface area contributed by atoms with Gasteiger partial charge in [-0.05, 0) is 63.3 Å². The molecule has 3 atom stereocenters. The smallest absolute Gasteiger partial charge is 0.307 e. The summed E-state index contributed by atoms with van der Waals surface area (Å²) in [5.74, 6) is -2.51. The number of piperidine rings is 1. The summed E-state index contributed by atoms with van der Waals surface area (Å²) in [5, 5.41) is 12.1. The minimum absolute atomic E-state index is 0.0171. The molecule has 1 saturated heterocycles. The topological polar surface area (TPSA) is 86.7 Å². The fraction of sp³-hybridized carbons (Fsp3) is 0.476. The Morgan fingerprint density at radius 1 is 1.04 bits per heavy atom. The Morgan fingerprint density at radius 3 is 2.33 bits per heavy atom. The Hall–Kier alpha value is -2.63. The van der Waals surface area contributed by atoms with Crippen LogP contribution in [0.5, 0.6) is 0 Å². The molecule has 27 heavy (non-hydrogen) atoms.